The Hall–Kier alpha value is -3.13. The molecule has 0 bridgehead atoms. The number of imidazole rings is 1. The number of fused-ring (bicyclic) bond motifs is 1. The van der Waals surface area contributed by atoms with Crippen LogP contribution < -0.4 is 0 Å². The van der Waals surface area contributed by atoms with Crippen LogP contribution in [-0.4, -0.2) is 39.4 Å². The standard InChI is InChI=1S/C21H23N7O/c1-11(29)20-24-13(3)26-28(20)19-10-17(22-12(2)23-19)14-9-15(14)21-25-16-7-5-6-8-18(16)27(21)4/h5-8,10-11,14-15,29H,9H2,1-4H3. The van der Waals surface area contributed by atoms with Gasteiger partial charge in [0.1, 0.15) is 23.6 Å². The topological polar surface area (TPSA) is 94.5 Å². The normalized spacial score (nSPS) is 19.6. The Kier molecular flexibility index (Phi) is 3.99. The summed E-state index contributed by atoms with van der Waals surface area (Å²) in [5.74, 6) is 4.12. The Morgan fingerprint density at radius 3 is 2.59 bits per heavy atom. The summed E-state index contributed by atoms with van der Waals surface area (Å²) < 4.78 is 3.80. The minimum atomic E-state index is -0.733. The van der Waals surface area contributed by atoms with Gasteiger partial charge in [0.15, 0.2) is 11.6 Å². The number of aromatic nitrogens is 7. The van der Waals surface area contributed by atoms with Gasteiger partial charge in [-0.1, -0.05) is 12.1 Å². The van der Waals surface area contributed by atoms with E-state index < -0.39 is 6.10 Å². The molecular weight excluding hydrogens is 366 g/mol. The minimum absolute atomic E-state index is 0.297. The van der Waals surface area contributed by atoms with E-state index in [0.717, 1.165) is 29.0 Å². The van der Waals surface area contributed by atoms with Crippen molar-refractivity contribution in [2.45, 2.75) is 45.1 Å². The van der Waals surface area contributed by atoms with Gasteiger partial charge in [0, 0.05) is 24.9 Å². The molecule has 148 valence electrons. The molecule has 0 amide bonds. The third kappa shape index (κ3) is 3.00. The number of para-hydroxylation sites is 2. The molecule has 1 aliphatic rings. The van der Waals surface area contributed by atoms with Crippen LogP contribution in [0.5, 0.6) is 0 Å². The van der Waals surface area contributed by atoms with Crippen molar-refractivity contribution in [3.8, 4) is 5.82 Å². The number of aliphatic hydroxyl groups is 1. The average molecular weight is 389 g/mol. The Labute approximate surface area is 168 Å². The first kappa shape index (κ1) is 17.9. The Bertz CT molecular complexity index is 1220. The maximum Gasteiger partial charge on any atom is 0.162 e. The van der Waals surface area contributed by atoms with Crippen LogP contribution >= 0.6 is 0 Å². The molecule has 29 heavy (non-hydrogen) atoms. The molecule has 1 aliphatic carbocycles. The van der Waals surface area contributed by atoms with Crippen molar-refractivity contribution in [3.05, 3.63) is 59.3 Å². The first-order valence-electron chi connectivity index (χ1n) is 9.81. The third-order valence-electron chi connectivity index (χ3n) is 5.50. The molecule has 1 N–H and O–H groups in total. The van der Waals surface area contributed by atoms with Gasteiger partial charge in [-0.15, -0.1) is 5.10 Å². The number of aliphatic hydroxyl groups excluding tert-OH is 1. The van der Waals surface area contributed by atoms with E-state index >= 15 is 0 Å². The summed E-state index contributed by atoms with van der Waals surface area (Å²) in [6.45, 7) is 5.36. The van der Waals surface area contributed by atoms with Crippen molar-refractivity contribution in [1.29, 1.82) is 0 Å². The molecule has 8 heteroatoms. The van der Waals surface area contributed by atoms with Gasteiger partial charge in [-0.2, -0.15) is 4.68 Å². The van der Waals surface area contributed by atoms with Crippen LogP contribution in [0.25, 0.3) is 16.9 Å². The van der Waals surface area contributed by atoms with Gasteiger partial charge in [-0.05, 0) is 39.3 Å². The van der Waals surface area contributed by atoms with Gasteiger partial charge in [0.25, 0.3) is 0 Å². The summed E-state index contributed by atoms with van der Waals surface area (Å²) in [5.41, 5.74) is 3.15. The number of rotatable bonds is 4. The van der Waals surface area contributed by atoms with Crippen LogP contribution in [0.4, 0.5) is 0 Å². The summed E-state index contributed by atoms with van der Waals surface area (Å²) in [6, 6.07) is 10.2. The SMILES string of the molecule is Cc1nc(C2CC2c2nc3ccccc3n2C)cc(-n2nc(C)nc2C(C)O)n1. The van der Waals surface area contributed by atoms with E-state index in [-0.39, 0.29) is 0 Å². The fourth-order valence-corrected chi connectivity index (χ4v) is 4.05. The van der Waals surface area contributed by atoms with Gasteiger partial charge < -0.3 is 9.67 Å². The van der Waals surface area contributed by atoms with Crippen molar-refractivity contribution in [3.63, 3.8) is 0 Å². The predicted octanol–water partition coefficient (Wildman–Crippen LogP) is 2.89. The first-order valence-corrected chi connectivity index (χ1v) is 9.81. The molecule has 0 radical (unpaired) electrons. The summed E-state index contributed by atoms with van der Waals surface area (Å²) >= 11 is 0. The highest BCUT2D eigenvalue weighted by Gasteiger charge is 2.44. The van der Waals surface area contributed by atoms with E-state index in [2.05, 4.69) is 37.7 Å². The van der Waals surface area contributed by atoms with E-state index in [1.807, 2.05) is 31.2 Å². The molecular formula is C21H23N7O. The van der Waals surface area contributed by atoms with Crippen LogP contribution in [0.2, 0.25) is 0 Å². The summed E-state index contributed by atoms with van der Waals surface area (Å²) in [5, 5.41) is 14.5. The molecule has 8 nitrogen and oxygen atoms in total. The van der Waals surface area contributed by atoms with E-state index in [0.29, 0.717) is 35.1 Å². The lowest BCUT2D eigenvalue weighted by Crippen LogP contribution is -2.10. The molecule has 3 heterocycles. The number of hydrogen-bond donors (Lipinski definition) is 1. The molecule has 4 aromatic rings. The number of aryl methyl sites for hydroxylation is 3. The molecule has 0 aliphatic heterocycles. The van der Waals surface area contributed by atoms with Crippen molar-refractivity contribution >= 4 is 11.0 Å². The largest absolute Gasteiger partial charge is 0.385 e. The maximum absolute atomic E-state index is 10.1. The lowest BCUT2D eigenvalue weighted by molar-refractivity contribution is 0.186. The molecule has 1 saturated carbocycles. The maximum atomic E-state index is 10.1. The van der Waals surface area contributed by atoms with E-state index in [1.165, 1.54) is 0 Å². The predicted molar refractivity (Wildman–Crippen MR) is 108 cm³/mol. The van der Waals surface area contributed by atoms with Crippen LogP contribution in [-0.2, 0) is 7.05 Å². The first-order chi connectivity index (χ1) is 13.9. The Morgan fingerprint density at radius 1 is 1.03 bits per heavy atom. The molecule has 3 unspecified atom stereocenters. The van der Waals surface area contributed by atoms with Crippen LogP contribution in [0, 0.1) is 13.8 Å². The average Bonchev–Trinajstić information content (AvgIpc) is 3.28. The number of benzene rings is 1. The second kappa shape index (κ2) is 6.45. The number of nitrogens with zero attached hydrogens (tertiary/aromatic N) is 7. The van der Waals surface area contributed by atoms with Crippen LogP contribution in [0.3, 0.4) is 0 Å². The Balaban J connectivity index is 1.51. The monoisotopic (exact) mass is 389 g/mol. The van der Waals surface area contributed by atoms with Crippen LogP contribution in [0.15, 0.2) is 30.3 Å². The number of hydrogen-bond acceptors (Lipinski definition) is 6. The zero-order chi connectivity index (χ0) is 20.3. The summed E-state index contributed by atoms with van der Waals surface area (Å²) in [4.78, 5) is 18.4. The molecule has 3 atom stereocenters. The van der Waals surface area contributed by atoms with Crippen LogP contribution in [0.1, 0.15) is 60.3 Å². The van der Waals surface area contributed by atoms with E-state index in [4.69, 9.17) is 4.98 Å². The fourth-order valence-electron chi connectivity index (χ4n) is 4.05. The molecule has 1 fully saturated rings. The highest BCUT2D eigenvalue weighted by Crippen LogP contribution is 2.54. The lowest BCUT2D eigenvalue weighted by Gasteiger charge is -2.09. The zero-order valence-corrected chi connectivity index (χ0v) is 16.9. The van der Waals surface area contributed by atoms with Crippen molar-refractivity contribution in [2.24, 2.45) is 7.05 Å². The quantitative estimate of drug-likeness (QED) is 0.577. The Morgan fingerprint density at radius 2 is 1.83 bits per heavy atom. The van der Waals surface area contributed by atoms with Gasteiger partial charge in [-0.25, -0.2) is 19.9 Å². The summed E-state index contributed by atoms with van der Waals surface area (Å²) in [7, 11) is 2.07. The zero-order valence-electron chi connectivity index (χ0n) is 16.9. The van der Waals surface area contributed by atoms with Crippen molar-refractivity contribution in [2.75, 3.05) is 0 Å². The third-order valence-corrected chi connectivity index (χ3v) is 5.50. The van der Waals surface area contributed by atoms with Gasteiger partial charge in [0.2, 0.25) is 0 Å². The van der Waals surface area contributed by atoms with E-state index in [9.17, 15) is 5.11 Å². The molecule has 0 saturated heterocycles. The molecule has 5 rings (SSSR count). The highest BCUT2D eigenvalue weighted by atomic mass is 16.3. The van der Waals surface area contributed by atoms with Gasteiger partial charge >= 0.3 is 0 Å². The smallest absolute Gasteiger partial charge is 0.162 e. The molecule has 3 aromatic heterocycles. The fraction of sp³-hybridized carbons (Fsp3) is 0.381. The van der Waals surface area contributed by atoms with Crippen molar-refractivity contribution < 1.29 is 5.11 Å². The minimum Gasteiger partial charge on any atom is -0.385 e. The molecule has 0 spiro atoms. The second-order valence-electron chi connectivity index (χ2n) is 7.77. The highest BCUT2D eigenvalue weighted by molar-refractivity contribution is 5.76. The molecule has 1 aromatic carbocycles. The lowest BCUT2D eigenvalue weighted by atomic mass is 10.2. The van der Waals surface area contributed by atoms with Gasteiger partial charge in [-0.3, -0.25) is 0 Å². The van der Waals surface area contributed by atoms with Crippen molar-refractivity contribution in [1.82, 2.24) is 34.3 Å². The second-order valence-corrected chi connectivity index (χ2v) is 7.77. The van der Waals surface area contributed by atoms with Gasteiger partial charge in [0.05, 0.1) is 16.7 Å². The van der Waals surface area contributed by atoms with E-state index in [1.54, 1.807) is 18.5 Å². The summed E-state index contributed by atoms with van der Waals surface area (Å²) in [6.07, 6.45) is 0.274.